The van der Waals surface area contributed by atoms with E-state index in [2.05, 4.69) is 9.88 Å². The van der Waals surface area contributed by atoms with Gasteiger partial charge in [-0.15, -0.1) is 0 Å². The summed E-state index contributed by atoms with van der Waals surface area (Å²) in [5, 5.41) is 9.19. The maximum absolute atomic E-state index is 11.2. The number of carbonyl (C=O) groups is 1. The first-order chi connectivity index (χ1) is 9.25. The number of hydrogen-bond acceptors (Lipinski definition) is 3. The fourth-order valence-corrected chi connectivity index (χ4v) is 2.70. The number of hydrogen-bond donors (Lipinski definition) is 1. The molecule has 1 aliphatic heterocycles. The van der Waals surface area contributed by atoms with Gasteiger partial charge in [0, 0.05) is 19.2 Å². The van der Waals surface area contributed by atoms with E-state index in [1.807, 2.05) is 22.7 Å². The highest BCUT2D eigenvalue weighted by atomic mass is 16.4. The zero-order valence-corrected chi connectivity index (χ0v) is 10.7. The zero-order valence-electron chi connectivity index (χ0n) is 10.7. The molecule has 0 spiro atoms. The fourth-order valence-electron chi connectivity index (χ4n) is 2.70. The quantitative estimate of drug-likeness (QED) is 0.907. The Morgan fingerprint density at radius 2 is 2.11 bits per heavy atom. The summed E-state index contributed by atoms with van der Waals surface area (Å²) in [6.45, 7) is 3.25. The zero-order chi connectivity index (χ0) is 13.2. The Balaban J connectivity index is 1.87. The lowest BCUT2D eigenvalue weighted by atomic mass is 10.3. The second-order valence-electron chi connectivity index (χ2n) is 4.94. The van der Waals surface area contributed by atoms with Gasteiger partial charge in [0.2, 0.25) is 0 Å². The molecule has 5 nitrogen and oxygen atoms in total. The second kappa shape index (κ2) is 5.01. The van der Waals surface area contributed by atoms with E-state index in [1.54, 1.807) is 6.07 Å². The van der Waals surface area contributed by atoms with E-state index >= 15 is 0 Å². The van der Waals surface area contributed by atoms with Crippen molar-refractivity contribution >= 4 is 11.5 Å². The SMILES string of the molecule is O=C(O)c1nc(CCN2CCCC2)n2ccccc12. The van der Waals surface area contributed by atoms with Gasteiger partial charge in [0.05, 0.1) is 5.52 Å². The van der Waals surface area contributed by atoms with Crippen molar-refractivity contribution in [1.82, 2.24) is 14.3 Å². The third-order valence-electron chi connectivity index (χ3n) is 3.67. The predicted octanol–water partition coefficient (Wildman–Crippen LogP) is 1.67. The molecule has 19 heavy (non-hydrogen) atoms. The topological polar surface area (TPSA) is 57.8 Å². The minimum Gasteiger partial charge on any atom is -0.476 e. The van der Waals surface area contributed by atoms with Gasteiger partial charge in [0.1, 0.15) is 5.82 Å². The van der Waals surface area contributed by atoms with Gasteiger partial charge in [-0.1, -0.05) is 6.07 Å². The summed E-state index contributed by atoms with van der Waals surface area (Å²) in [5.74, 6) is -0.129. The third kappa shape index (κ3) is 2.33. The summed E-state index contributed by atoms with van der Waals surface area (Å²) < 4.78 is 1.89. The van der Waals surface area contributed by atoms with Gasteiger partial charge in [0.15, 0.2) is 5.69 Å². The molecule has 3 rings (SSSR count). The van der Waals surface area contributed by atoms with Crippen LogP contribution >= 0.6 is 0 Å². The Morgan fingerprint density at radius 1 is 1.32 bits per heavy atom. The third-order valence-corrected chi connectivity index (χ3v) is 3.67. The average Bonchev–Trinajstić information content (AvgIpc) is 3.04. The van der Waals surface area contributed by atoms with E-state index in [1.165, 1.54) is 12.8 Å². The molecule has 0 saturated carbocycles. The maximum Gasteiger partial charge on any atom is 0.356 e. The van der Waals surface area contributed by atoms with Crippen molar-refractivity contribution in [2.75, 3.05) is 19.6 Å². The molecule has 0 aromatic carbocycles. The van der Waals surface area contributed by atoms with Crippen LogP contribution in [-0.2, 0) is 6.42 Å². The number of fused-ring (bicyclic) bond motifs is 1. The van der Waals surface area contributed by atoms with Crippen LogP contribution in [0, 0.1) is 0 Å². The molecule has 0 radical (unpaired) electrons. The number of aromatic nitrogens is 2. The monoisotopic (exact) mass is 259 g/mol. The number of imidazole rings is 1. The standard InChI is InChI=1S/C14H17N3O2/c18-14(19)13-11-5-1-2-9-17(11)12(15-13)6-10-16-7-3-4-8-16/h1-2,5,9H,3-4,6-8,10H2,(H,18,19). The molecule has 1 aliphatic rings. The summed E-state index contributed by atoms with van der Waals surface area (Å²) in [5.41, 5.74) is 0.823. The van der Waals surface area contributed by atoms with Gasteiger partial charge in [-0.2, -0.15) is 0 Å². The molecule has 0 atom stereocenters. The van der Waals surface area contributed by atoms with Crippen LogP contribution in [0.5, 0.6) is 0 Å². The van der Waals surface area contributed by atoms with Crippen molar-refractivity contribution < 1.29 is 9.90 Å². The number of likely N-dealkylation sites (tertiary alicyclic amines) is 1. The van der Waals surface area contributed by atoms with Crippen molar-refractivity contribution in [2.24, 2.45) is 0 Å². The Kier molecular flexibility index (Phi) is 3.21. The van der Waals surface area contributed by atoms with Crippen molar-refractivity contribution in [3.63, 3.8) is 0 Å². The Bertz CT molecular complexity index is 600. The highest BCUT2D eigenvalue weighted by molar-refractivity contribution is 5.93. The van der Waals surface area contributed by atoms with E-state index in [0.717, 1.165) is 31.9 Å². The van der Waals surface area contributed by atoms with Crippen LogP contribution in [0.15, 0.2) is 24.4 Å². The molecule has 1 fully saturated rings. The van der Waals surface area contributed by atoms with Gasteiger partial charge in [0.25, 0.3) is 0 Å². The van der Waals surface area contributed by atoms with Crippen molar-refractivity contribution in [3.05, 3.63) is 35.9 Å². The first-order valence-corrected chi connectivity index (χ1v) is 6.67. The maximum atomic E-state index is 11.2. The van der Waals surface area contributed by atoms with Gasteiger partial charge < -0.3 is 14.4 Å². The lowest BCUT2D eigenvalue weighted by molar-refractivity contribution is 0.0693. The van der Waals surface area contributed by atoms with Crippen LogP contribution in [0.3, 0.4) is 0 Å². The van der Waals surface area contributed by atoms with Crippen LogP contribution in [0.25, 0.3) is 5.52 Å². The largest absolute Gasteiger partial charge is 0.476 e. The summed E-state index contributed by atoms with van der Waals surface area (Å²) in [6.07, 6.45) is 5.21. The predicted molar refractivity (Wildman–Crippen MR) is 71.5 cm³/mol. The van der Waals surface area contributed by atoms with E-state index in [-0.39, 0.29) is 5.69 Å². The molecule has 5 heteroatoms. The number of pyridine rings is 1. The Morgan fingerprint density at radius 3 is 2.84 bits per heavy atom. The molecule has 0 amide bonds. The molecule has 2 aromatic heterocycles. The van der Waals surface area contributed by atoms with E-state index in [0.29, 0.717) is 5.52 Å². The Hall–Kier alpha value is -1.88. The molecule has 0 aliphatic carbocycles. The number of rotatable bonds is 4. The molecule has 3 heterocycles. The lowest BCUT2D eigenvalue weighted by Crippen LogP contribution is -2.22. The smallest absolute Gasteiger partial charge is 0.356 e. The summed E-state index contributed by atoms with van der Waals surface area (Å²) in [4.78, 5) is 17.9. The lowest BCUT2D eigenvalue weighted by Gasteiger charge is -2.13. The van der Waals surface area contributed by atoms with Gasteiger partial charge in [-0.3, -0.25) is 0 Å². The Labute approximate surface area is 111 Å². The fraction of sp³-hybridized carbons (Fsp3) is 0.429. The summed E-state index contributed by atoms with van der Waals surface area (Å²) in [7, 11) is 0. The molecule has 100 valence electrons. The number of carboxylic acid groups (broad SMARTS) is 1. The van der Waals surface area contributed by atoms with E-state index < -0.39 is 5.97 Å². The number of aromatic carboxylic acids is 1. The average molecular weight is 259 g/mol. The van der Waals surface area contributed by atoms with Crippen molar-refractivity contribution in [3.8, 4) is 0 Å². The highest BCUT2D eigenvalue weighted by Crippen LogP contribution is 2.15. The first-order valence-electron chi connectivity index (χ1n) is 6.67. The molecule has 1 saturated heterocycles. The normalized spacial score (nSPS) is 16.2. The molecular weight excluding hydrogens is 242 g/mol. The van der Waals surface area contributed by atoms with Crippen LogP contribution < -0.4 is 0 Å². The van der Waals surface area contributed by atoms with Crippen LogP contribution in [0.1, 0.15) is 29.2 Å². The molecule has 0 bridgehead atoms. The van der Waals surface area contributed by atoms with Gasteiger partial charge in [-0.25, -0.2) is 9.78 Å². The first kappa shape index (κ1) is 12.2. The summed E-state index contributed by atoms with van der Waals surface area (Å²) >= 11 is 0. The molecular formula is C14H17N3O2. The minimum atomic E-state index is -0.962. The molecule has 2 aromatic rings. The van der Waals surface area contributed by atoms with Crippen LogP contribution in [-0.4, -0.2) is 45.0 Å². The van der Waals surface area contributed by atoms with Crippen LogP contribution in [0.2, 0.25) is 0 Å². The van der Waals surface area contributed by atoms with Gasteiger partial charge >= 0.3 is 5.97 Å². The van der Waals surface area contributed by atoms with E-state index in [4.69, 9.17) is 0 Å². The minimum absolute atomic E-state index is 0.150. The van der Waals surface area contributed by atoms with Gasteiger partial charge in [-0.05, 0) is 38.1 Å². The summed E-state index contributed by atoms with van der Waals surface area (Å²) in [6, 6.07) is 5.54. The molecule has 0 unspecified atom stereocenters. The van der Waals surface area contributed by atoms with Crippen molar-refractivity contribution in [1.29, 1.82) is 0 Å². The molecule has 1 N–H and O–H groups in total. The van der Waals surface area contributed by atoms with Crippen LogP contribution in [0.4, 0.5) is 0 Å². The highest BCUT2D eigenvalue weighted by Gasteiger charge is 2.17. The second-order valence-corrected chi connectivity index (χ2v) is 4.94. The number of carboxylic acids is 1. The van der Waals surface area contributed by atoms with Crippen molar-refractivity contribution in [2.45, 2.75) is 19.3 Å². The van der Waals surface area contributed by atoms with E-state index in [9.17, 15) is 9.90 Å². The number of nitrogens with zero attached hydrogens (tertiary/aromatic N) is 3.